The van der Waals surface area contributed by atoms with Gasteiger partial charge in [0.15, 0.2) is 0 Å². The van der Waals surface area contributed by atoms with Gasteiger partial charge in [-0.3, -0.25) is 4.79 Å². The van der Waals surface area contributed by atoms with E-state index in [1.54, 1.807) is 0 Å². The van der Waals surface area contributed by atoms with Crippen LogP contribution in [0.3, 0.4) is 0 Å². The Morgan fingerprint density at radius 1 is 1.40 bits per heavy atom. The molecule has 0 fully saturated rings. The number of nitrogens with two attached hydrogens (primary N) is 1. The van der Waals surface area contributed by atoms with Crippen molar-refractivity contribution in [3.8, 4) is 0 Å². The molecule has 0 saturated heterocycles. The number of carbonyl (C=O) groups is 1. The van der Waals surface area contributed by atoms with Crippen molar-refractivity contribution in [1.82, 2.24) is 0 Å². The van der Waals surface area contributed by atoms with Crippen LogP contribution in [0.2, 0.25) is 0 Å². The molecule has 3 nitrogen and oxygen atoms in total. The summed E-state index contributed by atoms with van der Waals surface area (Å²) in [5.41, 5.74) is 9.84. The minimum absolute atomic E-state index is 0.199. The molecular formula is C17H26N2O. The minimum atomic E-state index is 0.199. The minimum Gasteiger partial charge on any atom is -0.327 e. The van der Waals surface area contributed by atoms with Crippen LogP contribution in [0.1, 0.15) is 44.7 Å². The number of hydrogen-bond donors (Lipinski definition) is 1. The predicted molar refractivity (Wildman–Crippen MR) is 83.9 cm³/mol. The van der Waals surface area contributed by atoms with E-state index in [0.717, 1.165) is 31.5 Å². The molecule has 3 heteroatoms. The summed E-state index contributed by atoms with van der Waals surface area (Å²) in [5, 5.41) is 0. The molecule has 1 aromatic carbocycles. The van der Waals surface area contributed by atoms with Gasteiger partial charge >= 0.3 is 0 Å². The quantitative estimate of drug-likeness (QED) is 0.917. The first-order valence-electron chi connectivity index (χ1n) is 7.70. The topological polar surface area (TPSA) is 46.3 Å². The predicted octanol–water partition coefficient (Wildman–Crippen LogP) is 2.90. The van der Waals surface area contributed by atoms with E-state index in [2.05, 4.69) is 32.0 Å². The summed E-state index contributed by atoms with van der Waals surface area (Å²) in [7, 11) is 0. The maximum absolute atomic E-state index is 12.0. The maximum Gasteiger partial charge on any atom is 0.226 e. The van der Waals surface area contributed by atoms with Gasteiger partial charge in [-0.05, 0) is 42.4 Å². The molecule has 1 aromatic rings. The summed E-state index contributed by atoms with van der Waals surface area (Å²) in [6.45, 7) is 7.09. The van der Waals surface area contributed by atoms with Gasteiger partial charge in [-0.2, -0.15) is 0 Å². The number of carbonyl (C=O) groups excluding carboxylic acids is 1. The Bertz CT molecular complexity index is 482. The lowest BCUT2D eigenvalue weighted by atomic mass is 9.93. The summed E-state index contributed by atoms with van der Waals surface area (Å²) in [5.74, 6) is 0.710. The van der Waals surface area contributed by atoms with Crippen LogP contribution in [0.4, 0.5) is 5.69 Å². The molecule has 0 aliphatic carbocycles. The van der Waals surface area contributed by atoms with Crippen molar-refractivity contribution in [2.24, 2.45) is 11.7 Å². The van der Waals surface area contributed by atoms with E-state index in [1.165, 1.54) is 11.1 Å². The zero-order chi connectivity index (χ0) is 14.7. The van der Waals surface area contributed by atoms with Gasteiger partial charge in [-0.1, -0.05) is 32.9 Å². The number of fused-ring (bicyclic) bond motifs is 1. The Labute approximate surface area is 122 Å². The van der Waals surface area contributed by atoms with Crippen molar-refractivity contribution in [3.63, 3.8) is 0 Å². The lowest BCUT2D eigenvalue weighted by molar-refractivity contribution is -0.118. The van der Waals surface area contributed by atoms with Gasteiger partial charge in [0.25, 0.3) is 0 Å². The number of hydrogen-bond acceptors (Lipinski definition) is 2. The van der Waals surface area contributed by atoms with Crippen LogP contribution in [0.25, 0.3) is 0 Å². The highest BCUT2D eigenvalue weighted by Crippen LogP contribution is 2.29. The van der Waals surface area contributed by atoms with Crippen LogP contribution in [0, 0.1) is 5.92 Å². The van der Waals surface area contributed by atoms with Crippen molar-refractivity contribution in [3.05, 3.63) is 29.3 Å². The second kappa shape index (κ2) is 6.40. The summed E-state index contributed by atoms with van der Waals surface area (Å²) in [6, 6.07) is 6.67. The third kappa shape index (κ3) is 3.21. The molecule has 0 saturated carbocycles. The molecule has 2 N–H and O–H groups in total. The zero-order valence-electron chi connectivity index (χ0n) is 12.9. The van der Waals surface area contributed by atoms with E-state index in [1.807, 2.05) is 11.8 Å². The maximum atomic E-state index is 12.0. The summed E-state index contributed by atoms with van der Waals surface area (Å²) >= 11 is 0. The fourth-order valence-electron chi connectivity index (χ4n) is 2.74. The second-order valence-corrected chi connectivity index (χ2v) is 6.08. The van der Waals surface area contributed by atoms with Crippen molar-refractivity contribution in [2.45, 2.75) is 52.5 Å². The number of nitrogens with zero attached hydrogens (tertiary/aromatic N) is 1. The number of anilines is 1. The molecule has 1 amide bonds. The van der Waals surface area contributed by atoms with E-state index in [4.69, 9.17) is 5.73 Å². The molecule has 1 heterocycles. The monoisotopic (exact) mass is 274 g/mol. The van der Waals surface area contributed by atoms with Gasteiger partial charge in [0.05, 0.1) is 0 Å². The standard InChI is InChI=1S/C17H26N2O/c1-4-17(20)19-9-5-6-14-10-13(7-8-16(14)19)11-15(18)12(2)3/h7-8,10,12,15H,4-6,9,11,18H2,1-3H3. The molecule has 1 atom stereocenters. The molecule has 0 aromatic heterocycles. The van der Waals surface area contributed by atoms with Gasteiger partial charge in [-0.15, -0.1) is 0 Å². The molecule has 2 rings (SSSR count). The smallest absolute Gasteiger partial charge is 0.226 e. The number of rotatable bonds is 4. The van der Waals surface area contributed by atoms with Crippen molar-refractivity contribution in [2.75, 3.05) is 11.4 Å². The third-order valence-electron chi connectivity index (χ3n) is 4.19. The largest absolute Gasteiger partial charge is 0.327 e. The SMILES string of the molecule is CCC(=O)N1CCCc2cc(CC(N)C(C)C)ccc21. The van der Waals surface area contributed by atoms with Crippen molar-refractivity contribution >= 4 is 11.6 Å². The average molecular weight is 274 g/mol. The molecule has 110 valence electrons. The average Bonchev–Trinajstić information content (AvgIpc) is 2.45. The van der Waals surface area contributed by atoms with Gasteiger partial charge < -0.3 is 10.6 Å². The lowest BCUT2D eigenvalue weighted by Crippen LogP contribution is -2.35. The van der Waals surface area contributed by atoms with E-state index in [-0.39, 0.29) is 11.9 Å². The van der Waals surface area contributed by atoms with Gasteiger partial charge in [-0.25, -0.2) is 0 Å². The highest BCUT2D eigenvalue weighted by Gasteiger charge is 2.21. The Balaban J connectivity index is 2.21. The summed E-state index contributed by atoms with van der Waals surface area (Å²) in [6.07, 6.45) is 3.60. The Hall–Kier alpha value is -1.35. The van der Waals surface area contributed by atoms with Crippen LogP contribution < -0.4 is 10.6 Å². The van der Waals surface area contributed by atoms with Crippen LogP contribution in [-0.2, 0) is 17.6 Å². The Kier molecular flexibility index (Phi) is 4.81. The van der Waals surface area contributed by atoms with E-state index < -0.39 is 0 Å². The molecule has 0 radical (unpaired) electrons. The van der Waals surface area contributed by atoms with Gasteiger partial charge in [0, 0.05) is 24.7 Å². The normalized spacial score (nSPS) is 16.1. The fraction of sp³-hybridized carbons (Fsp3) is 0.588. The molecule has 0 spiro atoms. The van der Waals surface area contributed by atoms with E-state index in [0.29, 0.717) is 12.3 Å². The lowest BCUT2D eigenvalue weighted by Gasteiger charge is -2.30. The van der Waals surface area contributed by atoms with Crippen LogP contribution in [-0.4, -0.2) is 18.5 Å². The van der Waals surface area contributed by atoms with Gasteiger partial charge in [0.2, 0.25) is 5.91 Å². The molecule has 20 heavy (non-hydrogen) atoms. The number of benzene rings is 1. The van der Waals surface area contributed by atoms with Crippen molar-refractivity contribution < 1.29 is 4.79 Å². The third-order valence-corrected chi connectivity index (χ3v) is 4.19. The first kappa shape index (κ1) is 15.0. The first-order valence-corrected chi connectivity index (χ1v) is 7.70. The van der Waals surface area contributed by atoms with Crippen LogP contribution in [0.5, 0.6) is 0 Å². The zero-order valence-corrected chi connectivity index (χ0v) is 12.9. The van der Waals surface area contributed by atoms with Crippen LogP contribution in [0.15, 0.2) is 18.2 Å². The molecular weight excluding hydrogens is 248 g/mol. The highest BCUT2D eigenvalue weighted by atomic mass is 16.2. The molecule has 1 unspecified atom stereocenters. The van der Waals surface area contributed by atoms with Gasteiger partial charge in [0.1, 0.15) is 0 Å². The van der Waals surface area contributed by atoms with E-state index in [9.17, 15) is 4.79 Å². The second-order valence-electron chi connectivity index (χ2n) is 6.08. The van der Waals surface area contributed by atoms with Crippen LogP contribution >= 0.6 is 0 Å². The van der Waals surface area contributed by atoms with E-state index >= 15 is 0 Å². The molecule has 0 bridgehead atoms. The fourth-order valence-corrected chi connectivity index (χ4v) is 2.74. The Morgan fingerprint density at radius 2 is 2.15 bits per heavy atom. The number of aryl methyl sites for hydroxylation is 1. The summed E-state index contributed by atoms with van der Waals surface area (Å²) < 4.78 is 0. The highest BCUT2D eigenvalue weighted by molar-refractivity contribution is 5.94. The summed E-state index contributed by atoms with van der Waals surface area (Å²) in [4.78, 5) is 13.9. The Morgan fingerprint density at radius 3 is 2.80 bits per heavy atom. The first-order chi connectivity index (χ1) is 9.52. The van der Waals surface area contributed by atoms with Crippen molar-refractivity contribution in [1.29, 1.82) is 0 Å². The molecule has 1 aliphatic rings. The molecule has 1 aliphatic heterocycles. The number of amides is 1.